The third-order valence-corrected chi connectivity index (χ3v) is 5.37. The molecule has 0 spiro atoms. The van der Waals surface area contributed by atoms with Gasteiger partial charge in [-0.25, -0.2) is 4.98 Å². The predicted octanol–water partition coefficient (Wildman–Crippen LogP) is 2.03. The van der Waals surface area contributed by atoms with Crippen molar-refractivity contribution in [3.63, 3.8) is 0 Å². The summed E-state index contributed by atoms with van der Waals surface area (Å²) in [5, 5.41) is 2.96. The van der Waals surface area contributed by atoms with Crippen molar-refractivity contribution >= 4 is 11.8 Å². The van der Waals surface area contributed by atoms with E-state index in [-0.39, 0.29) is 23.8 Å². The van der Waals surface area contributed by atoms with Crippen molar-refractivity contribution in [2.45, 2.75) is 63.6 Å². The van der Waals surface area contributed by atoms with E-state index in [1.54, 1.807) is 6.20 Å². The Labute approximate surface area is 147 Å². The molecular formula is C19H25N3O3. The molecule has 2 amide bonds. The molecule has 4 rings (SSSR count). The van der Waals surface area contributed by atoms with Gasteiger partial charge in [-0.1, -0.05) is 0 Å². The van der Waals surface area contributed by atoms with Crippen LogP contribution in [0.1, 0.15) is 50.5 Å². The van der Waals surface area contributed by atoms with E-state index < -0.39 is 0 Å². The fourth-order valence-electron chi connectivity index (χ4n) is 3.78. The van der Waals surface area contributed by atoms with Crippen LogP contribution >= 0.6 is 0 Å². The monoisotopic (exact) mass is 343 g/mol. The van der Waals surface area contributed by atoms with E-state index in [9.17, 15) is 9.59 Å². The van der Waals surface area contributed by atoms with Gasteiger partial charge in [0.1, 0.15) is 6.10 Å². The molecule has 2 aliphatic carbocycles. The van der Waals surface area contributed by atoms with Crippen LogP contribution in [0.4, 0.5) is 0 Å². The van der Waals surface area contributed by atoms with Crippen molar-refractivity contribution in [2.75, 3.05) is 6.54 Å². The highest BCUT2D eigenvalue weighted by atomic mass is 16.5. The molecule has 1 unspecified atom stereocenters. The minimum atomic E-state index is -0.218. The van der Waals surface area contributed by atoms with Crippen LogP contribution in [0, 0.1) is 5.92 Å². The van der Waals surface area contributed by atoms with E-state index in [2.05, 4.69) is 10.3 Å². The molecule has 1 N–H and O–H groups in total. The normalized spacial score (nSPS) is 23.9. The summed E-state index contributed by atoms with van der Waals surface area (Å²) in [6.07, 6.45) is 9.13. The molecule has 1 aromatic heterocycles. The molecule has 25 heavy (non-hydrogen) atoms. The van der Waals surface area contributed by atoms with Crippen molar-refractivity contribution in [3.8, 4) is 5.88 Å². The number of ether oxygens (including phenoxy) is 1. The Bertz CT molecular complexity index is 653. The summed E-state index contributed by atoms with van der Waals surface area (Å²) >= 11 is 0. The molecule has 3 aliphatic rings. The average molecular weight is 343 g/mol. The number of carbonyl (C=O) groups excluding carboxylic acids is 2. The molecule has 6 heteroatoms. The Hall–Kier alpha value is -2.11. The minimum absolute atomic E-state index is 0.0356. The van der Waals surface area contributed by atoms with Gasteiger partial charge in [-0.15, -0.1) is 0 Å². The SMILES string of the molecule is O=C(NCc1ccnc(OC2CCCC2)c1)C1CC(=O)N(C2CC2)C1. The van der Waals surface area contributed by atoms with Crippen molar-refractivity contribution in [2.24, 2.45) is 5.92 Å². The second-order valence-corrected chi connectivity index (χ2v) is 7.42. The van der Waals surface area contributed by atoms with Crippen LogP contribution in [-0.4, -0.2) is 40.4 Å². The zero-order valence-corrected chi connectivity index (χ0v) is 14.4. The number of nitrogens with one attached hydrogen (secondary N) is 1. The van der Waals surface area contributed by atoms with E-state index >= 15 is 0 Å². The van der Waals surface area contributed by atoms with Gasteiger partial charge in [0.25, 0.3) is 0 Å². The van der Waals surface area contributed by atoms with Crippen molar-refractivity contribution in [3.05, 3.63) is 23.9 Å². The molecular weight excluding hydrogens is 318 g/mol. The second-order valence-electron chi connectivity index (χ2n) is 7.42. The van der Waals surface area contributed by atoms with E-state index in [0.717, 1.165) is 31.2 Å². The molecule has 0 aromatic carbocycles. The number of amides is 2. The fourth-order valence-corrected chi connectivity index (χ4v) is 3.78. The average Bonchev–Trinajstić information content (AvgIpc) is 3.18. The van der Waals surface area contributed by atoms with Gasteiger partial charge in [0.2, 0.25) is 17.7 Å². The van der Waals surface area contributed by atoms with Crippen molar-refractivity contribution in [1.29, 1.82) is 0 Å². The highest BCUT2D eigenvalue weighted by Crippen LogP contribution is 2.32. The molecule has 1 aromatic rings. The summed E-state index contributed by atoms with van der Waals surface area (Å²) in [4.78, 5) is 30.5. The highest BCUT2D eigenvalue weighted by Gasteiger charge is 2.41. The largest absolute Gasteiger partial charge is 0.474 e. The summed E-state index contributed by atoms with van der Waals surface area (Å²) < 4.78 is 5.91. The molecule has 3 fully saturated rings. The number of hydrogen-bond donors (Lipinski definition) is 1. The number of rotatable bonds is 6. The summed E-state index contributed by atoms with van der Waals surface area (Å²) in [5.74, 6) is 0.504. The first kappa shape index (κ1) is 16.4. The maximum Gasteiger partial charge on any atom is 0.225 e. The van der Waals surface area contributed by atoms with Crippen LogP contribution in [0.3, 0.4) is 0 Å². The summed E-state index contributed by atoms with van der Waals surface area (Å²) in [6, 6.07) is 4.17. The lowest BCUT2D eigenvalue weighted by atomic mass is 10.1. The van der Waals surface area contributed by atoms with Crippen LogP contribution in [0.2, 0.25) is 0 Å². The number of hydrogen-bond acceptors (Lipinski definition) is 4. The van der Waals surface area contributed by atoms with E-state index in [0.29, 0.717) is 31.4 Å². The first-order valence-corrected chi connectivity index (χ1v) is 9.38. The standard InChI is InChI=1S/C19H25N3O3/c23-18-10-14(12-22(18)15-5-6-15)19(24)21-11-13-7-8-20-17(9-13)25-16-3-1-2-4-16/h7-9,14-16H,1-6,10-12H2,(H,21,24). The van der Waals surface area contributed by atoms with Crippen LogP contribution in [-0.2, 0) is 16.1 Å². The molecule has 0 bridgehead atoms. The van der Waals surface area contributed by atoms with Gasteiger partial charge in [0, 0.05) is 37.8 Å². The molecule has 1 atom stereocenters. The van der Waals surface area contributed by atoms with E-state index in [1.165, 1.54) is 12.8 Å². The molecule has 0 radical (unpaired) electrons. The smallest absolute Gasteiger partial charge is 0.225 e. The van der Waals surface area contributed by atoms with E-state index in [4.69, 9.17) is 4.74 Å². The Morgan fingerprint density at radius 3 is 2.84 bits per heavy atom. The Kier molecular flexibility index (Phi) is 4.59. The van der Waals surface area contributed by atoms with Crippen molar-refractivity contribution < 1.29 is 14.3 Å². The third-order valence-electron chi connectivity index (χ3n) is 5.37. The zero-order chi connectivity index (χ0) is 17.2. The summed E-state index contributed by atoms with van der Waals surface area (Å²) in [6.45, 7) is 1.01. The van der Waals surface area contributed by atoms with Gasteiger partial charge in [0.15, 0.2) is 0 Å². The van der Waals surface area contributed by atoms with Gasteiger partial charge < -0.3 is 15.0 Å². The number of pyridine rings is 1. The molecule has 2 heterocycles. The lowest BCUT2D eigenvalue weighted by Gasteiger charge is -2.15. The Morgan fingerprint density at radius 1 is 1.28 bits per heavy atom. The van der Waals surface area contributed by atoms with Gasteiger partial charge in [-0.2, -0.15) is 0 Å². The lowest BCUT2D eigenvalue weighted by molar-refractivity contribution is -0.129. The fraction of sp³-hybridized carbons (Fsp3) is 0.632. The van der Waals surface area contributed by atoms with Crippen LogP contribution in [0.15, 0.2) is 18.3 Å². The van der Waals surface area contributed by atoms with Crippen LogP contribution < -0.4 is 10.1 Å². The number of carbonyl (C=O) groups is 2. The number of aromatic nitrogens is 1. The topological polar surface area (TPSA) is 71.5 Å². The number of nitrogens with zero attached hydrogens (tertiary/aromatic N) is 2. The Morgan fingerprint density at radius 2 is 2.08 bits per heavy atom. The van der Waals surface area contributed by atoms with Gasteiger partial charge in [0.05, 0.1) is 5.92 Å². The van der Waals surface area contributed by atoms with E-state index in [1.807, 2.05) is 17.0 Å². The van der Waals surface area contributed by atoms with Gasteiger partial charge in [-0.3, -0.25) is 9.59 Å². The maximum absolute atomic E-state index is 12.4. The highest BCUT2D eigenvalue weighted by molar-refractivity contribution is 5.89. The van der Waals surface area contributed by atoms with Crippen molar-refractivity contribution in [1.82, 2.24) is 15.2 Å². The second kappa shape index (κ2) is 7.02. The third kappa shape index (κ3) is 3.94. The number of likely N-dealkylation sites (tertiary alicyclic amines) is 1. The zero-order valence-electron chi connectivity index (χ0n) is 14.4. The van der Waals surface area contributed by atoms with Crippen LogP contribution in [0.25, 0.3) is 0 Å². The van der Waals surface area contributed by atoms with Crippen LogP contribution in [0.5, 0.6) is 5.88 Å². The van der Waals surface area contributed by atoms with Gasteiger partial charge >= 0.3 is 0 Å². The summed E-state index contributed by atoms with van der Waals surface area (Å²) in [7, 11) is 0. The first-order chi connectivity index (χ1) is 12.2. The Balaban J connectivity index is 1.29. The molecule has 6 nitrogen and oxygen atoms in total. The van der Waals surface area contributed by atoms with Gasteiger partial charge in [-0.05, 0) is 50.2 Å². The minimum Gasteiger partial charge on any atom is -0.474 e. The molecule has 2 saturated carbocycles. The molecule has 134 valence electrons. The molecule has 1 aliphatic heterocycles. The lowest BCUT2D eigenvalue weighted by Crippen LogP contribution is -2.33. The summed E-state index contributed by atoms with van der Waals surface area (Å²) in [5.41, 5.74) is 0.972. The molecule has 1 saturated heterocycles. The maximum atomic E-state index is 12.4. The first-order valence-electron chi connectivity index (χ1n) is 9.38. The quantitative estimate of drug-likeness (QED) is 0.858. The predicted molar refractivity (Wildman–Crippen MR) is 91.8 cm³/mol.